The molecule has 0 fully saturated rings. The van der Waals surface area contributed by atoms with E-state index in [1.807, 2.05) is 0 Å². The first kappa shape index (κ1) is 14.8. The molecule has 1 nitrogen and oxygen atoms in total. The minimum atomic E-state index is 0.287. The Hall–Kier alpha value is -1.12. The van der Waals surface area contributed by atoms with Gasteiger partial charge in [-0.2, -0.15) is 0 Å². The molecule has 1 atom stereocenters. The molecule has 3 rings (SSSR count). The van der Waals surface area contributed by atoms with Crippen LogP contribution in [0.25, 0.3) is 0 Å². The number of halogens is 1. The first-order valence-corrected chi connectivity index (χ1v) is 8.42. The van der Waals surface area contributed by atoms with E-state index in [4.69, 9.17) is 0 Å². The summed E-state index contributed by atoms with van der Waals surface area (Å²) in [6.45, 7) is 5.64. The fourth-order valence-corrected chi connectivity index (χ4v) is 3.73. The predicted molar refractivity (Wildman–Crippen MR) is 92.3 cm³/mol. The molecule has 0 bridgehead atoms. The molecule has 0 saturated heterocycles. The highest BCUT2D eigenvalue weighted by Crippen LogP contribution is 2.43. The second-order valence-electron chi connectivity index (χ2n) is 6.59. The van der Waals surface area contributed by atoms with Crippen LogP contribution in [0.3, 0.4) is 0 Å². The molecule has 2 heteroatoms. The lowest BCUT2D eigenvalue weighted by Crippen LogP contribution is -2.37. The third-order valence-electron chi connectivity index (χ3n) is 4.64. The molecule has 0 radical (unpaired) electrons. The first-order valence-electron chi connectivity index (χ1n) is 7.62. The topological polar surface area (TPSA) is 12.0 Å². The van der Waals surface area contributed by atoms with Crippen molar-refractivity contribution in [2.45, 2.75) is 39.3 Å². The summed E-state index contributed by atoms with van der Waals surface area (Å²) in [6, 6.07) is 17.7. The monoisotopic (exact) mass is 343 g/mol. The van der Waals surface area contributed by atoms with Crippen LogP contribution in [0, 0.1) is 5.41 Å². The van der Waals surface area contributed by atoms with E-state index in [0.29, 0.717) is 6.04 Å². The first-order chi connectivity index (χ1) is 10.1. The van der Waals surface area contributed by atoms with Gasteiger partial charge in [0, 0.05) is 17.1 Å². The molecule has 0 heterocycles. The van der Waals surface area contributed by atoms with E-state index in [1.165, 1.54) is 34.0 Å². The van der Waals surface area contributed by atoms with Crippen LogP contribution in [0.2, 0.25) is 0 Å². The molecular formula is C19H22BrN. The van der Waals surface area contributed by atoms with Gasteiger partial charge in [-0.25, -0.2) is 0 Å². The molecule has 0 saturated carbocycles. The number of nitrogens with one attached hydrogen (secondary N) is 1. The van der Waals surface area contributed by atoms with Crippen molar-refractivity contribution in [2.24, 2.45) is 5.41 Å². The highest BCUT2D eigenvalue weighted by molar-refractivity contribution is 9.10. The Morgan fingerprint density at radius 2 is 1.81 bits per heavy atom. The molecule has 2 aromatic rings. The summed E-state index contributed by atoms with van der Waals surface area (Å²) < 4.78 is 1.18. The predicted octanol–water partition coefficient (Wildman–Crippen LogP) is 5.25. The summed E-state index contributed by atoms with van der Waals surface area (Å²) in [5, 5.41) is 3.80. The van der Waals surface area contributed by atoms with Gasteiger partial charge in [-0.15, -0.1) is 0 Å². The Labute approximate surface area is 135 Å². The third-order valence-corrected chi connectivity index (χ3v) is 5.41. The van der Waals surface area contributed by atoms with Crippen LogP contribution < -0.4 is 5.32 Å². The van der Waals surface area contributed by atoms with Gasteiger partial charge in [-0.05, 0) is 41.0 Å². The molecule has 0 amide bonds. The van der Waals surface area contributed by atoms with E-state index in [9.17, 15) is 0 Å². The number of aryl methyl sites for hydroxylation is 1. The molecule has 1 N–H and O–H groups in total. The second-order valence-corrected chi connectivity index (χ2v) is 7.45. The Bertz CT molecular complexity index is 633. The summed E-state index contributed by atoms with van der Waals surface area (Å²) in [4.78, 5) is 0. The molecule has 0 aliphatic heterocycles. The fourth-order valence-electron chi connectivity index (χ4n) is 3.31. The zero-order chi connectivity index (χ0) is 14.9. The van der Waals surface area contributed by atoms with Gasteiger partial charge in [0.25, 0.3) is 0 Å². The van der Waals surface area contributed by atoms with Gasteiger partial charge < -0.3 is 5.32 Å². The van der Waals surface area contributed by atoms with Crippen LogP contribution in [0.1, 0.15) is 43.0 Å². The maximum atomic E-state index is 3.80. The van der Waals surface area contributed by atoms with Gasteiger partial charge in [0.2, 0.25) is 0 Å². The van der Waals surface area contributed by atoms with Crippen molar-refractivity contribution in [1.29, 1.82) is 0 Å². The third kappa shape index (κ3) is 3.07. The average molecular weight is 344 g/mol. The summed E-state index contributed by atoms with van der Waals surface area (Å²) in [5.41, 5.74) is 4.58. The highest BCUT2D eigenvalue weighted by Gasteiger charge is 2.35. The lowest BCUT2D eigenvalue weighted by Gasteiger charge is -2.41. The van der Waals surface area contributed by atoms with E-state index in [1.54, 1.807) is 0 Å². The average Bonchev–Trinajstić information content (AvgIpc) is 2.47. The molecule has 1 aliphatic rings. The van der Waals surface area contributed by atoms with Crippen LogP contribution in [0.15, 0.2) is 53.0 Å². The maximum absolute atomic E-state index is 3.80. The summed E-state index contributed by atoms with van der Waals surface area (Å²) >= 11 is 3.64. The molecule has 1 aliphatic carbocycles. The van der Waals surface area contributed by atoms with Crippen molar-refractivity contribution in [3.63, 3.8) is 0 Å². The number of hydrogen-bond acceptors (Lipinski definition) is 1. The standard InChI is InChI=1S/C19H22BrN/c1-19(2)12-11-14-7-3-5-9-16(14)18(19)21-13-15-8-4-6-10-17(15)20/h3-10,18,21H,11-13H2,1-2H3. The van der Waals surface area contributed by atoms with Crippen molar-refractivity contribution in [3.05, 3.63) is 69.7 Å². The van der Waals surface area contributed by atoms with Gasteiger partial charge in [0.15, 0.2) is 0 Å². The Morgan fingerprint density at radius 1 is 1.10 bits per heavy atom. The lowest BCUT2D eigenvalue weighted by molar-refractivity contribution is 0.208. The van der Waals surface area contributed by atoms with Crippen molar-refractivity contribution in [1.82, 2.24) is 5.32 Å². The van der Waals surface area contributed by atoms with E-state index in [-0.39, 0.29) is 5.41 Å². The highest BCUT2D eigenvalue weighted by atomic mass is 79.9. The normalized spacial score (nSPS) is 20.0. The molecule has 1 unspecified atom stereocenters. The molecule has 21 heavy (non-hydrogen) atoms. The van der Waals surface area contributed by atoms with Gasteiger partial charge in [0.05, 0.1) is 0 Å². The zero-order valence-corrected chi connectivity index (χ0v) is 14.3. The van der Waals surface area contributed by atoms with E-state index in [0.717, 1.165) is 6.54 Å². The van der Waals surface area contributed by atoms with Gasteiger partial charge >= 0.3 is 0 Å². The minimum Gasteiger partial charge on any atom is -0.305 e. The molecule has 110 valence electrons. The Kier molecular flexibility index (Phi) is 4.19. The fraction of sp³-hybridized carbons (Fsp3) is 0.368. The van der Waals surface area contributed by atoms with Crippen LogP contribution in [-0.4, -0.2) is 0 Å². The minimum absolute atomic E-state index is 0.287. The van der Waals surface area contributed by atoms with Gasteiger partial charge in [0.1, 0.15) is 0 Å². The van der Waals surface area contributed by atoms with Crippen molar-refractivity contribution in [3.8, 4) is 0 Å². The summed E-state index contributed by atoms with van der Waals surface area (Å²) in [7, 11) is 0. The summed E-state index contributed by atoms with van der Waals surface area (Å²) in [6.07, 6.45) is 2.42. The maximum Gasteiger partial charge on any atom is 0.0377 e. The van der Waals surface area contributed by atoms with Gasteiger partial charge in [-0.1, -0.05) is 72.2 Å². The summed E-state index contributed by atoms with van der Waals surface area (Å²) in [5.74, 6) is 0. The number of hydrogen-bond donors (Lipinski definition) is 1. The second kappa shape index (κ2) is 5.94. The van der Waals surface area contributed by atoms with Crippen molar-refractivity contribution >= 4 is 15.9 Å². The van der Waals surface area contributed by atoms with Crippen LogP contribution in [-0.2, 0) is 13.0 Å². The van der Waals surface area contributed by atoms with Crippen LogP contribution >= 0.6 is 15.9 Å². The number of benzene rings is 2. The number of rotatable bonds is 3. The van der Waals surface area contributed by atoms with E-state index < -0.39 is 0 Å². The molecule has 0 aromatic heterocycles. The van der Waals surface area contributed by atoms with Crippen molar-refractivity contribution < 1.29 is 0 Å². The van der Waals surface area contributed by atoms with E-state index >= 15 is 0 Å². The zero-order valence-electron chi connectivity index (χ0n) is 12.7. The number of fused-ring (bicyclic) bond motifs is 1. The van der Waals surface area contributed by atoms with Crippen molar-refractivity contribution in [2.75, 3.05) is 0 Å². The van der Waals surface area contributed by atoms with Crippen LogP contribution in [0.4, 0.5) is 0 Å². The lowest BCUT2D eigenvalue weighted by atomic mass is 9.70. The Morgan fingerprint density at radius 3 is 2.62 bits per heavy atom. The quantitative estimate of drug-likeness (QED) is 0.802. The molecular weight excluding hydrogens is 322 g/mol. The Balaban J connectivity index is 1.85. The van der Waals surface area contributed by atoms with Gasteiger partial charge in [-0.3, -0.25) is 0 Å². The molecule has 2 aromatic carbocycles. The smallest absolute Gasteiger partial charge is 0.0377 e. The molecule has 0 spiro atoms. The van der Waals surface area contributed by atoms with E-state index in [2.05, 4.69) is 83.6 Å². The largest absolute Gasteiger partial charge is 0.305 e. The van der Waals surface area contributed by atoms with Crippen LogP contribution in [0.5, 0.6) is 0 Å². The SMILES string of the molecule is CC1(C)CCc2ccccc2C1NCc1ccccc1Br.